The molecule has 3 rings (SSSR count). The molecule has 0 spiro atoms. The van der Waals surface area contributed by atoms with Gasteiger partial charge in [0, 0.05) is 11.4 Å². The van der Waals surface area contributed by atoms with Gasteiger partial charge in [-0.3, -0.25) is 0 Å². The minimum atomic E-state index is 1.16. The molecule has 0 radical (unpaired) electrons. The number of anilines is 2. The summed E-state index contributed by atoms with van der Waals surface area (Å²) in [4.78, 5) is 0. The van der Waals surface area contributed by atoms with Gasteiger partial charge in [0.2, 0.25) is 0 Å². The van der Waals surface area contributed by atoms with Crippen molar-refractivity contribution in [3.8, 4) is 11.1 Å². The molecule has 1 N–H and O–H groups in total. The molecule has 0 aliphatic rings. The van der Waals surface area contributed by atoms with E-state index in [4.69, 9.17) is 0 Å². The highest BCUT2D eigenvalue weighted by atomic mass is 14.9. The van der Waals surface area contributed by atoms with E-state index in [0.717, 1.165) is 11.4 Å². The Kier molecular flexibility index (Phi) is 3.74. The number of nitrogens with one attached hydrogen (secondary N) is 1. The van der Waals surface area contributed by atoms with E-state index in [0.29, 0.717) is 0 Å². The van der Waals surface area contributed by atoms with Crippen LogP contribution in [0.4, 0.5) is 11.4 Å². The minimum Gasteiger partial charge on any atom is -0.355 e. The summed E-state index contributed by atoms with van der Waals surface area (Å²) in [6.45, 7) is 4.29. The van der Waals surface area contributed by atoms with E-state index in [1.165, 1.54) is 22.3 Å². The second kappa shape index (κ2) is 5.84. The fraction of sp³-hybridized carbons (Fsp3) is 0.100. The van der Waals surface area contributed by atoms with Crippen LogP contribution in [-0.2, 0) is 0 Å². The van der Waals surface area contributed by atoms with E-state index in [-0.39, 0.29) is 0 Å². The number of para-hydroxylation sites is 1. The van der Waals surface area contributed by atoms with Crippen molar-refractivity contribution in [2.45, 2.75) is 13.8 Å². The lowest BCUT2D eigenvalue weighted by molar-refractivity contribution is 1.39. The molecule has 21 heavy (non-hydrogen) atoms. The van der Waals surface area contributed by atoms with Crippen molar-refractivity contribution in [2.75, 3.05) is 5.32 Å². The summed E-state index contributed by atoms with van der Waals surface area (Å²) >= 11 is 0. The molecule has 0 aromatic heterocycles. The molecule has 3 aromatic carbocycles. The maximum absolute atomic E-state index is 3.55. The van der Waals surface area contributed by atoms with Crippen molar-refractivity contribution in [3.05, 3.63) is 83.9 Å². The first-order valence-corrected chi connectivity index (χ1v) is 7.23. The largest absolute Gasteiger partial charge is 0.355 e. The maximum atomic E-state index is 3.55. The summed E-state index contributed by atoms with van der Waals surface area (Å²) in [6, 6.07) is 25.3. The fourth-order valence-corrected chi connectivity index (χ4v) is 2.56. The summed E-state index contributed by atoms with van der Waals surface area (Å²) in [7, 11) is 0. The first-order valence-electron chi connectivity index (χ1n) is 7.23. The lowest BCUT2D eigenvalue weighted by atomic mass is 9.99. The van der Waals surface area contributed by atoms with Crippen LogP contribution in [0, 0.1) is 13.8 Å². The van der Waals surface area contributed by atoms with E-state index in [9.17, 15) is 0 Å². The molecule has 0 fully saturated rings. The third-order valence-corrected chi connectivity index (χ3v) is 3.83. The third-order valence-electron chi connectivity index (χ3n) is 3.83. The first-order chi connectivity index (χ1) is 10.3. The summed E-state index contributed by atoms with van der Waals surface area (Å²) < 4.78 is 0. The number of hydrogen-bond donors (Lipinski definition) is 1. The second-order valence-corrected chi connectivity index (χ2v) is 5.28. The molecule has 0 heterocycles. The highest BCUT2D eigenvalue weighted by Gasteiger charge is 2.06. The Morgan fingerprint density at radius 1 is 0.619 bits per heavy atom. The molecule has 0 aliphatic heterocycles. The normalized spacial score (nSPS) is 10.4. The van der Waals surface area contributed by atoms with Gasteiger partial charge < -0.3 is 5.32 Å². The Morgan fingerprint density at radius 2 is 1.29 bits per heavy atom. The molecule has 0 aliphatic carbocycles. The SMILES string of the molecule is Cc1ccccc1Nc1cccc(-c2ccccc2)c1C. The fourth-order valence-electron chi connectivity index (χ4n) is 2.56. The Morgan fingerprint density at radius 3 is 2.05 bits per heavy atom. The standard InChI is InChI=1S/C20H19N/c1-15-9-6-7-13-19(15)21-20-14-8-12-18(16(20)2)17-10-4-3-5-11-17/h3-14,21H,1-2H3. The molecule has 104 valence electrons. The Bertz CT molecular complexity index is 745. The van der Waals surface area contributed by atoms with E-state index in [1.807, 2.05) is 6.07 Å². The maximum Gasteiger partial charge on any atom is 0.0420 e. The molecular formula is C20H19N. The number of benzene rings is 3. The average molecular weight is 273 g/mol. The van der Waals surface area contributed by atoms with Gasteiger partial charge in [0.1, 0.15) is 0 Å². The van der Waals surface area contributed by atoms with Gasteiger partial charge in [-0.15, -0.1) is 0 Å². The molecule has 3 aromatic rings. The Hall–Kier alpha value is -2.54. The highest BCUT2D eigenvalue weighted by molar-refractivity contribution is 5.76. The van der Waals surface area contributed by atoms with Crippen molar-refractivity contribution < 1.29 is 0 Å². The van der Waals surface area contributed by atoms with Gasteiger partial charge in [-0.25, -0.2) is 0 Å². The minimum absolute atomic E-state index is 1.16. The summed E-state index contributed by atoms with van der Waals surface area (Å²) in [5.74, 6) is 0. The van der Waals surface area contributed by atoms with Crippen LogP contribution in [0.3, 0.4) is 0 Å². The van der Waals surface area contributed by atoms with Gasteiger partial charge in [0.25, 0.3) is 0 Å². The zero-order valence-corrected chi connectivity index (χ0v) is 12.4. The molecule has 0 unspecified atom stereocenters. The number of rotatable bonds is 3. The van der Waals surface area contributed by atoms with Crippen molar-refractivity contribution in [3.63, 3.8) is 0 Å². The lowest BCUT2D eigenvalue weighted by Crippen LogP contribution is -1.96. The summed E-state index contributed by atoms with van der Waals surface area (Å²) in [5.41, 5.74) is 7.36. The van der Waals surface area contributed by atoms with Crippen LogP contribution in [-0.4, -0.2) is 0 Å². The molecule has 0 bridgehead atoms. The second-order valence-electron chi connectivity index (χ2n) is 5.28. The van der Waals surface area contributed by atoms with Crippen molar-refractivity contribution in [1.82, 2.24) is 0 Å². The topological polar surface area (TPSA) is 12.0 Å². The number of hydrogen-bond acceptors (Lipinski definition) is 1. The van der Waals surface area contributed by atoms with E-state index in [1.54, 1.807) is 0 Å². The van der Waals surface area contributed by atoms with Crippen molar-refractivity contribution >= 4 is 11.4 Å². The van der Waals surface area contributed by atoms with Gasteiger partial charge >= 0.3 is 0 Å². The quantitative estimate of drug-likeness (QED) is 0.644. The highest BCUT2D eigenvalue weighted by Crippen LogP contribution is 2.30. The van der Waals surface area contributed by atoms with Crippen LogP contribution < -0.4 is 5.32 Å². The zero-order valence-electron chi connectivity index (χ0n) is 12.4. The van der Waals surface area contributed by atoms with Crippen LogP contribution in [0.15, 0.2) is 72.8 Å². The third kappa shape index (κ3) is 2.82. The van der Waals surface area contributed by atoms with Gasteiger partial charge in [-0.1, -0.05) is 60.7 Å². The first kappa shape index (κ1) is 13.4. The van der Waals surface area contributed by atoms with Crippen LogP contribution in [0.2, 0.25) is 0 Å². The van der Waals surface area contributed by atoms with Crippen LogP contribution in [0.25, 0.3) is 11.1 Å². The predicted octanol–water partition coefficient (Wildman–Crippen LogP) is 5.71. The average Bonchev–Trinajstić information content (AvgIpc) is 2.52. The smallest absolute Gasteiger partial charge is 0.0420 e. The Balaban J connectivity index is 2.00. The summed E-state index contributed by atoms with van der Waals surface area (Å²) in [5, 5.41) is 3.55. The van der Waals surface area contributed by atoms with Gasteiger partial charge in [0.05, 0.1) is 0 Å². The lowest BCUT2D eigenvalue weighted by Gasteiger charge is -2.15. The van der Waals surface area contributed by atoms with Crippen LogP contribution >= 0.6 is 0 Å². The van der Waals surface area contributed by atoms with E-state index >= 15 is 0 Å². The molecule has 0 saturated heterocycles. The molecule has 0 amide bonds. The molecule has 0 saturated carbocycles. The van der Waals surface area contributed by atoms with Crippen LogP contribution in [0.5, 0.6) is 0 Å². The van der Waals surface area contributed by atoms with E-state index in [2.05, 4.69) is 85.9 Å². The summed E-state index contributed by atoms with van der Waals surface area (Å²) in [6.07, 6.45) is 0. The van der Waals surface area contributed by atoms with Gasteiger partial charge in [0.15, 0.2) is 0 Å². The monoisotopic (exact) mass is 273 g/mol. The van der Waals surface area contributed by atoms with E-state index < -0.39 is 0 Å². The van der Waals surface area contributed by atoms with Gasteiger partial charge in [-0.2, -0.15) is 0 Å². The van der Waals surface area contributed by atoms with Gasteiger partial charge in [-0.05, 0) is 48.2 Å². The predicted molar refractivity (Wildman–Crippen MR) is 91.1 cm³/mol. The zero-order chi connectivity index (χ0) is 14.7. The van der Waals surface area contributed by atoms with Crippen molar-refractivity contribution in [1.29, 1.82) is 0 Å². The van der Waals surface area contributed by atoms with Crippen LogP contribution in [0.1, 0.15) is 11.1 Å². The molecule has 1 heteroatoms. The number of aryl methyl sites for hydroxylation is 1. The van der Waals surface area contributed by atoms with Crippen molar-refractivity contribution in [2.24, 2.45) is 0 Å². The molecular weight excluding hydrogens is 254 g/mol. The molecule has 0 atom stereocenters. The Labute approximate surface area is 126 Å². The molecule has 1 nitrogen and oxygen atoms in total.